The van der Waals surface area contributed by atoms with Gasteiger partial charge in [0.1, 0.15) is 11.5 Å². The molecule has 3 N–H and O–H groups in total. The van der Waals surface area contributed by atoms with Gasteiger partial charge in [0.05, 0.1) is 39.0 Å². The van der Waals surface area contributed by atoms with Crippen LogP contribution in [-0.2, 0) is 20.8 Å². The summed E-state index contributed by atoms with van der Waals surface area (Å²) in [4.78, 5) is 15.8. The van der Waals surface area contributed by atoms with E-state index in [0.717, 1.165) is 68.7 Å². The molecular weight excluding hydrogens is 582 g/mol. The van der Waals surface area contributed by atoms with Crippen LogP contribution in [0.1, 0.15) is 75.0 Å². The highest BCUT2D eigenvalue weighted by Gasteiger charge is 2.31. The molecule has 1 unspecified atom stereocenters. The first-order valence-corrected chi connectivity index (χ1v) is 17.3. The monoisotopic (exact) mass is 639 g/mol. The molecule has 9 heteroatoms. The van der Waals surface area contributed by atoms with Gasteiger partial charge in [0.15, 0.2) is 0 Å². The highest BCUT2D eigenvalue weighted by atomic mass is 16.5. The van der Waals surface area contributed by atoms with E-state index in [0.29, 0.717) is 44.7 Å². The Labute approximate surface area is 276 Å². The van der Waals surface area contributed by atoms with Gasteiger partial charge in [-0.25, -0.2) is 0 Å². The second-order valence-corrected chi connectivity index (χ2v) is 13.0. The third-order valence-corrected chi connectivity index (χ3v) is 9.47. The first kappa shape index (κ1) is 36.2. The van der Waals surface area contributed by atoms with Crippen molar-refractivity contribution in [3.63, 3.8) is 0 Å². The topological polar surface area (TPSA) is 102 Å². The highest BCUT2D eigenvalue weighted by Crippen LogP contribution is 2.33. The van der Waals surface area contributed by atoms with Crippen molar-refractivity contribution in [2.45, 2.75) is 82.6 Å². The fourth-order valence-electron chi connectivity index (χ4n) is 7.07. The number of methoxy groups -OCH3 is 3. The van der Waals surface area contributed by atoms with Gasteiger partial charge in [-0.05, 0) is 61.4 Å². The van der Waals surface area contributed by atoms with Crippen LogP contribution >= 0.6 is 0 Å². The molecule has 2 aromatic rings. The quantitative estimate of drug-likeness (QED) is 0.182. The maximum atomic E-state index is 13.5. The number of benzene rings is 2. The third-order valence-electron chi connectivity index (χ3n) is 9.47. The van der Waals surface area contributed by atoms with Crippen molar-refractivity contribution in [3.05, 3.63) is 59.7 Å². The zero-order chi connectivity index (χ0) is 32.6. The molecule has 9 nitrogen and oxygen atoms in total. The van der Waals surface area contributed by atoms with Crippen LogP contribution in [0.4, 0.5) is 0 Å². The summed E-state index contributed by atoms with van der Waals surface area (Å²) in [6, 6.07) is 15.9. The van der Waals surface area contributed by atoms with E-state index in [9.17, 15) is 9.90 Å². The summed E-state index contributed by atoms with van der Waals surface area (Å²) >= 11 is 0. The maximum Gasteiger partial charge on any atom is 0.234 e. The van der Waals surface area contributed by atoms with E-state index < -0.39 is 6.10 Å². The molecule has 2 aliphatic rings. The van der Waals surface area contributed by atoms with Crippen LogP contribution < -0.4 is 20.1 Å². The van der Waals surface area contributed by atoms with Gasteiger partial charge in [0.25, 0.3) is 0 Å². The Balaban J connectivity index is 1.34. The number of nitrogens with zero attached hydrogens (tertiary/aromatic N) is 1. The molecule has 1 heterocycles. The fraction of sp³-hybridized carbons (Fsp3) is 0.649. The van der Waals surface area contributed by atoms with Crippen LogP contribution in [0.3, 0.4) is 0 Å². The van der Waals surface area contributed by atoms with Crippen LogP contribution in [0, 0.1) is 11.8 Å². The molecule has 1 saturated heterocycles. The summed E-state index contributed by atoms with van der Waals surface area (Å²) in [7, 11) is 4.99. The number of amides is 1. The van der Waals surface area contributed by atoms with Gasteiger partial charge in [-0.2, -0.15) is 0 Å². The molecule has 0 radical (unpaired) electrons. The molecule has 0 aromatic heterocycles. The molecule has 46 heavy (non-hydrogen) atoms. The Hall–Kier alpha value is -2.69. The molecule has 4 atom stereocenters. The molecule has 1 amide bonds. The molecular formula is C37H57N3O6. The summed E-state index contributed by atoms with van der Waals surface area (Å²) in [6.07, 6.45) is 9.08. The second kappa shape index (κ2) is 19.9. The molecule has 0 bridgehead atoms. The molecule has 1 aliphatic heterocycles. The van der Waals surface area contributed by atoms with E-state index in [1.165, 1.54) is 24.8 Å². The SMILES string of the molecule is COCCCO[C@@H](c1ccccc1)C1CCCN(CC(=O)N[C@@H](CC2CCCCC2)[C@H](O)CNCc2cc(OC)cc(OC)c2)C1. The Morgan fingerprint density at radius 3 is 2.39 bits per heavy atom. The number of aliphatic hydroxyl groups excluding tert-OH is 1. The lowest BCUT2D eigenvalue weighted by atomic mass is 9.83. The number of carbonyl (C=O) groups excluding carboxylic acids is 1. The molecule has 4 rings (SSSR count). The van der Waals surface area contributed by atoms with Crippen LogP contribution in [0.25, 0.3) is 0 Å². The minimum Gasteiger partial charge on any atom is -0.497 e. The normalized spacial score (nSPS) is 19.7. The maximum absolute atomic E-state index is 13.5. The lowest BCUT2D eigenvalue weighted by molar-refractivity contribution is -0.125. The number of hydrogen-bond acceptors (Lipinski definition) is 8. The lowest BCUT2D eigenvalue weighted by Crippen LogP contribution is -2.52. The van der Waals surface area contributed by atoms with Crippen molar-refractivity contribution in [1.29, 1.82) is 0 Å². The van der Waals surface area contributed by atoms with Gasteiger partial charge >= 0.3 is 0 Å². The minimum atomic E-state index is -0.699. The van der Waals surface area contributed by atoms with Crippen LogP contribution in [0.2, 0.25) is 0 Å². The Kier molecular flexibility index (Phi) is 15.6. The van der Waals surface area contributed by atoms with Crippen molar-refractivity contribution in [3.8, 4) is 11.5 Å². The Morgan fingerprint density at radius 2 is 1.70 bits per heavy atom. The van der Waals surface area contributed by atoms with Gasteiger partial charge in [0.2, 0.25) is 5.91 Å². The van der Waals surface area contributed by atoms with E-state index in [2.05, 4.69) is 39.8 Å². The van der Waals surface area contributed by atoms with Gasteiger partial charge in [-0.1, -0.05) is 62.4 Å². The van der Waals surface area contributed by atoms with Crippen molar-refractivity contribution >= 4 is 5.91 Å². The fourth-order valence-corrected chi connectivity index (χ4v) is 7.07. The van der Waals surface area contributed by atoms with Gasteiger partial charge in [-0.3, -0.25) is 9.69 Å². The van der Waals surface area contributed by atoms with Crippen molar-refractivity contribution in [2.75, 3.05) is 60.7 Å². The second-order valence-electron chi connectivity index (χ2n) is 13.0. The minimum absolute atomic E-state index is 0.0135. The van der Waals surface area contributed by atoms with E-state index in [1.807, 2.05) is 24.3 Å². The molecule has 1 saturated carbocycles. The van der Waals surface area contributed by atoms with Gasteiger partial charge in [0, 0.05) is 51.9 Å². The smallest absolute Gasteiger partial charge is 0.234 e. The lowest BCUT2D eigenvalue weighted by Gasteiger charge is -2.37. The summed E-state index contributed by atoms with van der Waals surface area (Å²) in [5, 5.41) is 18.0. The number of aliphatic hydroxyl groups is 1. The molecule has 256 valence electrons. The Morgan fingerprint density at radius 1 is 0.957 bits per heavy atom. The first-order chi connectivity index (χ1) is 22.5. The van der Waals surface area contributed by atoms with Crippen molar-refractivity contribution in [2.24, 2.45) is 11.8 Å². The molecule has 2 aromatic carbocycles. The van der Waals surface area contributed by atoms with Crippen molar-refractivity contribution < 1.29 is 28.8 Å². The van der Waals surface area contributed by atoms with E-state index in [1.54, 1.807) is 21.3 Å². The van der Waals surface area contributed by atoms with Crippen LogP contribution in [-0.4, -0.2) is 88.8 Å². The highest BCUT2D eigenvalue weighted by molar-refractivity contribution is 5.78. The number of likely N-dealkylation sites (tertiary alicyclic amines) is 1. The predicted molar refractivity (Wildman–Crippen MR) is 181 cm³/mol. The predicted octanol–water partition coefficient (Wildman–Crippen LogP) is 5.12. The van der Waals surface area contributed by atoms with Crippen LogP contribution in [0.5, 0.6) is 11.5 Å². The first-order valence-electron chi connectivity index (χ1n) is 17.3. The summed E-state index contributed by atoms with van der Waals surface area (Å²) in [5.41, 5.74) is 2.19. The standard InChI is InChI=1S/C37H57N3O6/c1-43-18-11-19-46-37(30-14-8-5-9-15-30)31-16-10-17-40(26-31)27-36(42)39-34(22-28-12-6-4-7-13-28)35(41)25-38-24-29-20-32(44-2)23-33(21-29)45-3/h5,8-9,14-15,20-21,23,28,31,34-35,37-38,41H,4,6-7,10-13,16-19,22,24-27H2,1-3H3,(H,39,42)/t31?,34-,35+,37-/m0/s1. The number of piperidine rings is 1. The van der Waals surface area contributed by atoms with Crippen molar-refractivity contribution in [1.82, 2.24) is 15.5 Å². The Bertz CT molecular complexity index is 1120. The summed E-state index contributed by atoms with van der Waals surface area (Å²) < 4.78 is 22.5. The number of ether oxygens (including phenoxy) is 4. The third kappa shape index (κ3) is 11.8. The zero-order valence-corrected chi connectivity index (χ0v) is 28.3. The van der Waals surface area contributed by atoms with E-state index >= 15 is 0 Å². The summed E-state index contributed by atoms with van der Waals surface area (Å²) in [6.45, 7) is 4.27. The molecule has 2 fully saturated rings. The van der Waals surface area contributed by atoms with Crippen LogP contribution in [0.15, 0.2) is 48.5 Å². The van der Waals surface area contributed by atoms with Gasteiger partial charge in [-0.15, -0.1) is 0 Å². The molecule has 1 aliphatic carbocycles. The number of rotatable bonds is 19. The summed E-state index contributed by atoms with van der Waals surface area (Å²) in [5.74, 6) is 2.26. The van der Waals surface area contributed by atoms with Gasteiger partial charge < -0.3 is 34.7 Å². The largest absolute Gasteiger partial charge is 0.497 e. The number of hydrogen-bond donors (Lipinski definition) is 3. The molecule has 0 spiro atoms. The zero-order valence-electron chi connectivity index (χ0n) is 28.3. The van der Waals surface area contributed by atoms with E-state index in [-0.39, 0.29) is 18.1 Å². The average Bonchev–Trinajstić information content (AvgIpc) is 3.08. The van der Waals surface area contributed by atoms with E-state index in [4.69, 9.17) is 18.9 Å². The number of carbonyl (C=O) groups is 1. The number of nitrogens with one attached hydrogen (secondary N) is 2. The average molecular weight is 640 g/mol.